The molecule has 15 heavy (non-hydrogen) atoms. The lowest BCUT2D eigenvalue weighted by molar-refractivity contribution is -0.129. The first-order valence-corrected chi connectivity index (χ1v) is 5.73. The van der Waals surface area contributed by atoms with Crippen molar-refractivity contribution in [2.45, 2.75) is 38.8 Å². The standard InChI is InChI=1S/C11H20N2O2/c1-8-9(12-5-6-15-8)10(14)13-7-11(2)3-4-11/h8-9,12H,3-7H2,1-2H3,(H,13,14)/t8-,9+/m1/s1. The van der Waals surface area contributed by atoms with Gasteiger partial charge in [-0.1, -0.05) is 6.92 Å². The lowest BCUT2D eigenvalue weighted by Crippen LogP contribution is -2.56. The Bertz CT molecular complexity index is 251. The van der Waals surface area contributed by atoms with Gasteiger partial charge < -0.3 is 15.4 Å². The smallest absolute Gasteiger partial charge is 0.239 e. The summed E-state index contributed by atoms with van der Waals surface area (Å²) in [5, 5.41) is 6.19. The van der Waals surface area contributed by atoms with Gasteiger partial charge in [-0.15, -0.1) is 0 Å². The fourth-order valence-electron chi connectivity index (χ4n) is 1.83. The van der Waals surface area contributed by atoms with Crippen LogP contribution in [-0.2, 0) is 9.53 Å². The Morgan fingerprint density at radius 2 is 2.33 bits per heavy atom. The van der Waals surface area contributed by atoms with Crippen LogP contribution in [-0.4, -0.2) is 37.7 Å². The molecule has 2 fully saturated rings. The molecule has 1 saturated carbocycles. The van der Waals surface area contributed by atoms with Gasteiger partial charge in [0.25, 0.3) is 0 Å². The molecule has 86 valence electrons. The van der Waals surface area contributed by atoms with Crippen molar-refractivity contribution in [2.75, 3.05) is 19.7 Å². The number of hydrogen-bond donors (Lipinski definition) is 2. The molecule has 2 rings (SSSR count). The number of rotatable bonds is 3. The van der Waals surface area contributed by atoms with Gasteiger partial charge >= 0.3 is 0 Å². The number of carbonyl (C=O) groups excluding carboxylic acids is 1. The van der Waals surface area contributed by atoms with Crippen LogP contribution in [0.25, 0.3) is 0 Å². The normalized spacial score (nSPS) is 33.5. The van der Waals surface area contributed by atoms with E-state index in [0.29, 0.717) is 12.0 Å². The SMILES string of the molecule is C[C@H]1OCCN[C@@H]1C(=O)NCC1(C)CC1. The monoisotopic (exact) mass is 212 g/mol. The van der Waals surface area contributed by atoms with E-state index < -0.39 is 0 Å². The average molecular weight is 212 g/mol. The Kier molecular flexibility index (Phi) is 2.98. The molecule has 4 nitrogen and oxygen atoms in total. The van der Waals surface area contributed by atoms with Crippen molar-refractivity contribution >= 4 is 5.91 Å². The van der Waals surface area contributed by atoms with E-state index in [4.69, 9.17) is 4.74 Å². The van der Waals surface area contributed by atoms with Gasteiger partial charge in [0.1, 0.15) is 6.04 Å². The predicted octanol–water partition coefficient (Wildman–Crippen LogP) is 0.280. The quantitative estimate of drug-likeness (QED) is 0.706. The highest BCUT2D eigenvalue weighted by Gasteiger charge is 2.38. The minimum absolute atomic E-state index is 0.0224. The molecule has 2 aliphatic rings. The maximum atomic E-state index is 11.8. The lowest BCUT2D eigenvalue weighted by atomic mass is 10.1. The molecule has 0 aromatic carbocycles. The van der Waals surface area contributed by atoms with Crippen molar-refractivity contribution in [1.29, 1.82) is 0 Å². The van der Waals surface area contributed by atoms with E-state index in [-0.39, 0.29) is 18.1 Å². The maximum absolute atomic E-state index is 11.8. The van der Waals surface area contributed by atoms with Crippen LogP contribution in [0.4, 0.5) is 0 Å². The van der Waals surface area contributed by atoms with Crippen LogP contribution in [0.15, 0.2) is 0 Å². The highest BCUT2D eigenvalue weighted by Crippen LogP contribution is 2.44. The molecule has 1 saturated heterocycles. The first-order chi connectivity index (χ1) is 7.11. The van der Waals surface area contributed by atoms with Crippen molar-refractivity contribution in [2.24, 2.45) is 5.41 Å². The minimum atomic E-state index is -0.180. The van der Waals surface area contributed by atoms with Crippen molar-refractivity contribution < 1.29 is 9.53 Å². The Hall–Kier alpha value is -0.610. The zero-order valence-electron chi connectivity index (χ0n) is 9.51. The highest BCUT2D eigenvalue weighted by atomic mass is 16.5. The Balaban J connectivity index is 1.78. The van der Waals surface area contributed by atoms with Crippen LogP contribution in [0.5, 0.6) is 0 Å². The van der Waals surface area contributed by atoms with E-state index in [9.17, 15) is 4.79 Å². The number of nitrogens with one attached hydrogen (secondary N) is 2. The van der Waals surface area contributed by atoms with Gasteiger partial charge in [-0.05, 0) is 25.2 Å². The summed E-state index contributed by atoms with van der Waals surface area (Å²) < 4.78 is 5.44. The summed E-state index contributed by atoms with van der Waals surface area (Å²) in [7, 11) is 0. The molecular formula is C11H20N2O2. The summed E-state index contributed by atoms with van der Waals surface area (Å²) in [4.78, 5) is 11.8. The molecule has 1 aliphatic carbocycles. The minimum Gasteiger partial charge on any atom is -0.375 e. The zero-order valence-corrected chi connectivity index (χ0v) is 9.51. The molecule has 0 radical (unpaired) electrons. The molecule has 0 spiro atoms. The summed E-state index contributed by atoms with van der Waals surface area (Å²) in [6, 6.07) is -0.180. The van der Waals surface area contributed by atoms with E-state index in [1.54, 1.807) is 0 Å². The first-order valence-electron chi connectivity index (χ1n) is 5.73. The number of hydrogen-bond acceptors (Lipinski definition) is 3. The molecule has 1 amide bonds. The van der Waals surface area contributed by atoms with Gasteiger partial charge in [-0.3, -0.25) is 4.79 Å². The van der Waals surface area contributed by atoms with Gasteiger partial charge in [-0.2, -0.15) is 0 Å². The van der Waals surface area contributed by atoms with Crippen molar-refractivity contribution in [3.8, 4) is 0 Å². The van der Waals surface area contributed by atoms with Gasteiger partial charge in [-0.25, -0.2) is 0 Å². The van der Waals surface area contributed by atoms with Crippen LogP contribution >= 0.6 is 0 Å². The summed E-state index contributed by atoms with van der Waals surface area (Å²) in [6.07, 6.45) is 2.44. The molecule has 1 heterocycles. The molecule has 0 unspecified atom stereocenters. The van der Waals surface area contributed by atoms with E-state index >= 15 is 0 Å². The first kappa shape index (κ1) is 10.9. The Morgan fingerprint density at radius 3 is 2.93 bits per heavy atom. The van der Waals surface area contributed by atoms with Gasteiger partial charge in [0, 0.05) is 13.1 Å². The zero-order chi connectivity index (χ0) is 10.9. The third-order valence-electron chi connectivity index (χ3n) is 3.39. The second-order valence-electron chi connectivity index (χ2n) is 5.04. The molecule has 1 aliphatic heterocycles. The average Bonchev–Trinajstić information content (AvgIpc) is 2.95. The Morgan fingerprint density at radius 1 is 1.60 bits per heavy atom. The predicted molar refractivity (Wildman–Crippen MR) is 57.6 cm³/mol. The van der Waals surface area contributed by atoms with Crippen molar-refractivity contribution in [3.63, 3.8) is 0 Å². The molecular weight excluding hydrogens is 192 g/mol. The van der Waals surface area contributed by atoms with Crippen LogP contribution < -0.4 is 10.6 Å². The highest BCUT2D eigenvalue weighted by molar-refractivity contribution is 5.82. The summed E-state index contributed by atoms with van der Waals surface area (Å²) >= 11 is 0. The fourth-order valence-corrected chi connectivity index (χ4v) is 1.83. The van der Waals surface area contributed by atoms with Crippen molar-refractivity contribution in [3.05, 3.63) is 0 Å². The molecule has 0 aromatic heterocycles. The summed E-state index contributed by atoms with van der Waals surface area (Å²) in [6.45, 7) is 6.41. The summed E-state index contributed by atoms with van der Waals surface area (Å²) in [5.41, 5.74) is 0.369. The molecule has 0 bridgehead atoms. The molecule has 4 heteroatoms. The van der Waals surface area contributed by atoms with E-state index in [2.05, 4.69) is 17.6 Å². The second kappa shape index (κ2) is 4.10. The van der Waals surface area contributed by atoms with E-state index in [1.165, 1.54) is 12.8 Å². The second-order valence-corrected chi connectivity index (χ2v) is 5.04. The summed E-state index contributed by atoms with van der Waals surface area (Å²) in [5.74, 6) is 0.0790. The number of amides is 1. The van der Waals surface area contributed by atoms with Crippen molar-refractivity contribution in [1.82, 2.24) is 10.6 Å². The van der Waals surface area contributed by atoms with Crippen LogP contribution in [0.3, 0.4) is 0 Å². The van der Waals surface area contributed by atoms with Gasteiger partial charge in [0.15, 0.2) is 0 Å². The van der Waals surface area contributed by atoms with Gasteiger partial charge in [0.05, 0.1) is 12.7 Å². The number of ether oxygens (including phenoxy) is 1. The molecule has 0 aromatic rings. The van der Waals surface area contributed by atoms with E-state index in [0.717, 1.165) is 13.1 Å². The number of carbonyl (C=O) groups is 1. The lowest BCUT2D eigenvalue weighted by Gasteiger charge is -2.29. The van der Waals surface area contributed by atoms with Crippen LogP contribution in [0.1, 0.15) is 26.7 Å². The Labute approximate surface area is 90.8 Å². The van der Waals surface area contributed by atoms with Crippen LogP contribution in [0, 0.1) is 5.41 Å². The fraction of sp³-hybridized carbons (Fsp3) is 0.909. The largest absolute Gasteiger partial charge is 0.375 e. The maximum Gasteiger partial charge on any atom is 0.239 e. The third-order valence-corrected chi connectivity index (χ3v) is 3.39. The number of morpholine rings is 1. The van der Waals surface area contributed by atoms with Crippen LogP contribution in [0.2, 0.25) is 0 Å². The van der Waals surface area contributed by atoms with Gasteiger partial charge in [0.2, 0.25) is 5.91 Å². The molecule has 2 N–H and O–H groups in total. The topological polar surface area (TPSA) is 50.4 Å². The molecule has 2 atom stereocenters. The third kappa shape index (κ3) is 2.69. The van der Waals surface area contributed by atoms with E-state index in [1.807, 2.05) is 6.92 Å².